The van der Waals surface area contributed by atoms with Crippen LogP contribution in [0.1, 0.15) is 19.8 Å². The summed E-state index contributed by atoms with van der Waals surface area (Å²) in [6.45, 7) is 8.63. The van der Waals surface area contributed by atoms with Crippen molar-refractivity contribution in [2.24, 2.45) is 10.9 Å². The Morgan fingerprint density at radius 3 is 2.96 bits per heavy atom. The Morgan fingerprint density at radius 2 is 2.24 bits per heavy atom. The minimum Gasteiger partial charge on any atom is -0.356 e. The molecule has 1 aromatic rings. The Balaban J connectivity index is 1.46. The van der Waals surface area contributed by atoms with Gasteiger partial charge < -0.3 is 20.4 Å². The van der Waals surface area contributed by atoms with Gasteiger partial charge in [-0.05, 0) is 44.0 Å². The fraction of sp³-hybridized carbons (Fsp3) is 0.667. The molecule has 0 saturated carbocycles. The van der Waals surface area contributed by atoms with E-state index in [1.807, 2.05) is 19.2 Å². The number of pyridine rings is 1. The van der Waals surface area contributed by atoms with Crippen molar-refractivity contribution in [1.82, 2.24) is 20.5 Å². The normalized spacial score (nSPS) is 24.8. The van der Waals surface area contributed by atoms with Crippen molar-refractivity contribution in [3.8, 4) is 0 Å². The van der Waals surface area contributed by atoms with Crippen molar-refractivity contribution < 1.29 is 0 Å². The lowest BCUT2D eigenvalue weighted by Gasteiger charge is -2.21. The number of anilines is 1. The van der Waals surface area contributed by atoms with E-state index in [9.17, 15) is 0 Å². The van der Waals surface area contributed by atoms with E-state index in [0.717, 1.165) is 44.4 Å². The van der Waals surface area contributed by atoms with Crippen LogP contribution < -0.4 is 15.5 Å². The van der Waals surface area contributed by atoms with E-state index in [2.05, 4.69) is 37.3 Å². The van der Waals surface area contributed by atoms with Gasteiger partial charge in [-0.3, -0.25) is 4.99 Å². The van der Waals surface area contributed by atoms with Gasteiger partial charge >= 0.3 is 0 Å². The molecule has 6 nitrogen and oxygen atoms in total. The van der Waals surface area contributed by atoms with Gasteiger partial charge in [-0.25, -0.2) is 4.98 Å². The second-order valence-electron chi connectivity index (χ2n) is 6.89. The number of nitrogens with zero attached hydrogens (tertiary/aromatic N) is 4. The second-order valence-corrected chi connectivity index (χ2v) is 7.29. The van der Waals surface area contributed by atoms with Crippen LogP contribution in [0.2, 0.25) is 5.02 Å². The third-order valence-corrected chi connectivity index (χ3v) is 5.46. The molecule has 3 rings (SSSR count). The molecule has 0 bridgehead atoms. The Bertz CT molecular complexity index is 593. The van der Waals surface area contributed by atoms with E-state index < -0.39 is 0 Å². The molecule has 2 N–H and O–H groups in total. The number of rotatable bonds is 5. The molecule has 2 aliphatic rings. The summed E-state index contributed by atoms with van der Waals surface area (Å²) in [5.74, 6) is 2.49. The van der Waals surface area contributed by atoms with Crippen LogP contribution in [0.15, 0.2) is 23.3 Å². The first-order chi connectivity index (χ1) is 12.2. The molecule has 2 fully saturated rings. The predicted molar refractivity (Wildman–Crippen MR) is 105 cm³/mol. The lowest BCUT2D eigenvalue weighted by Crippen LogP contribution is -2.46. The minimum absolute atomic E-state index is 0.361. The van der Waals surface area contributed by atoms with Gasteiger partial charge in [0.15, 0.2) is 5.96 Å². The zero-order valence-corrected chi connectivity index (χ0v) is 16.0. The first kappa shape index (κ1) is 18.3. The van der Waals surface area contributed by atoms with Gasteiger partial charge in [0.2, 0.25) is 0 Å². The molecule has 7 heteroatoms. The van der Waals surface area contributed by atoms with E-state index >= 15 is 0 Å². The summed E-state index contributed by atoms with van der Waals surface area (Å²) in [5, 5.41) is 7.76. The zero-order chi connectivity index (χ0) is 17.6. The van der Waals surface area contributed by atoms with Crippen LogP contribution in [0.4, 0.5) is 5.82 Å². The number of halogens is 1. The van der Waals surface area contributed by atoms with Crippen LogP contribution in [0, 0.1) is 5.92 Å². The molecule has 25 heavy (non-hydrogen) atoms. The van der Waals surface area contributed by atoms with E-state index in [0.29, 0.717) is 17.0 Å². The fourth-order valence-electron chi connectivity index (χ4n) is 3.68. The molecule has 2 unspecified atom stereocenters. The highest BCUT2D eigenvalue weighted by Crippen LogP contribution is 2.25. The van der Waals surface area contributed by atoms with E-state index in [4.69, 9.17) is 11.6 Å². The highest BCUT2D eigenvalue weighted by atomic mass is 35.5. The molecule has 0 radical (unpaired) electrons. The summed E-state index contributed by atoms with van der Waals surface area (Å²) in [6, 6.07) is 4.12. The van der Waals surface area contributed by atoms with E-state index in [-0.39, 0.29) is 0 Å². The van der Waals surface area contributed by atoms with Gasteiger partial charge in [0.1, 0.15) is 5.82 Å². The molecule has 2 aliphatic heterocycles. The molecular formula is C18H29ClN6. The molecular weight excluding hydrogens is 336 g/mol. The van der Waals surface area contributed by atoms with Gasteiger partial charge in [-0.15, -0.1) is 0 Å². The summed E-state index contributed by atoms with van der Waals surface area (Å²) >= 11 is 6.27. The van der Waals surface area contributed by atoms with Gasteiger partial charge in [0.05, 0.1) is 5.02 Å². The lowest BCUT2D eigenvalue weighted by molar-refractivity contribution is 0.341. The Hall–Kier alpha value is -1.53. The molecule has 0 spiro atoms. The molecule has 0 amide bonds. The minimum atomic E-state index is 0.361. The van der Waals surface area contributed by atoms with Crippen LogP contribution in [0.3, 0.4) is 0 Å². The van der Waals surface area contributed by atoms with Gasteiger partial charge in [0.25, 0.3) is 0 Å². The molecule has 138 valence electrons. The first-order valence-corrected chi connectivity index (χ1v) is 9.62. The lowest BCUT2D eigenvalue weighted by atomic mass is 10.1. The molecule has 2 saturated heterocycles. The van der Waals surface area contributed by atoms with Crippen molar-refractivity contribution >= 4 is 23.4 Å². The predicted octanol–water partition coefficient (Wildman–Crippen LogP) is 1.82. The fourth-order valence-corrected chi connectivity index (χ4v) is 3.92. The van der Waals surface area contributed by atoms with Crippen LogP contribution in [0.25, 0.3) is 0 Å². The molecule has 0 aromatic carbocycles. The average Bonchev–Trinajstić information content (AvgIpc) is 3.28. The van der Waals surface area contributed by atoms with Gasteiger partial charge in [-0.2, -0.15) is 0 Å². The van der Waals surface area contributed by atoms with Crippen molar-refractivity contribution in [2.75, 3.05) is 51.2 Å². The maximum atomic E-state index is 6.27. The number of aromatic nitrogens is 1. The monoisotopic (exact) mass is 364 g/mol. The third-order valence-electron chi connectivity index (χ3n) is 5.17. The Labute approximate surface area is 155 Å². The summed E-state index contributed by atoms with van der Waals surface area (Å²) in [4.78, 5) is 13.5. The topological polar surface area (TPSA) is 55.8 Å². The Morgan fingerprint density at radius 1 is 1.36 bits per heavy atom. The quantitative estimate of drug-likeness (QED) is 0.616. The number of aliphatic imine (C=N–C) groups is 1. The first-order valence-electron chi connectivity index (χ1n) is 9.24. The zero-order valence-electron chi connectivity index (χ0n) is 15.2. The van der Waals surface area contributed by atoms with Crippen molar-refractivity contribution in [3.05, 3.63) is 23.4 Å². The highest BCUT2D eigenvalue weighted by Gasteiger charge is 2.26. The molecule has 3 heterocycles. The maximum Gasteiger partial charge on any atom is 0.191 e. The van der Waals surface area contributed by atoms with Crippen molar-refractivity contribution in [3.63, 3.8) is 0 Å². The van der Waals surface area contributed by atoms with Crippen LogP contribution in [-0.2, 0) is 0 Å². The van der Waals surface area contributed by atoms with Gasteiger partial charge in [-0.1, -0.05) is 18.5 Å². The van der Waals surface area contributed by atoms with E-state index in [1.165, 1.54) is 19.5 Å². The SMILES string of the molecule is CCN1CCC(CNC(=NC)NC2CCN(c3ncccc3Cl)C2)C1. The number of likely N-dealkylation sites (tertiary alicyclic amines) is 1. The molecule has 1 aromatic heterocycles. The number of hydrogen-bond acceptors (Lipinski definition) is 4. The summed E-state index contributed by atoms with van der Waals surface area (Å²) in [7, 11) is 1.84. The maximum absolute atomic E-state index is 6.27. The number of hydrogen-bond donors (Lipinski definition) is 2. The summed E-state index contributed by atoms with van der Waals surface area (Å²) in [5.41, 5.74) is 0. The summed E-state index contributed by atoms with van der Waals surface area (Å²) < 4.78 is 0. The number of nitrogens with one attached hydrogen (secondary N) is 2. The standard InChI is InChI=1S/C18H29ClN6/c1-3-24-9-6-14(12-24)11-22-18(20-2)23-15-7-10-25(13-15)17-16(19)5-4-8-21-17/h4-5,8,14-15H,3,6-7,9-13H2,1-2H3,(H2,20,22,23). The number of guanidine groups is 1. The third kappa shape index (κ3) is 4.76. The van der Waals surface area contributed by atoms with Crippen LogP contribution >= 0.6 is 11.6 Å². The highest BCUT2D eigenvalue weighted by molar-refractivity contribution is 6.32. The van der Waals surface area contributed by atoms with Crippen molar-refractivity contribution in [2.45, 2.75) is 25.8 Å². The second kappa shape index (κ2) is 8.72. The van der Waals surface area contributed by atoms with Crippen LogP contribution in [0.5, 0.6) is 0 Å². The summed E-state index contributed by atoms with van der Waals surface area (Å²) in [6.07, 6.45) is 4.12. The molecule has 0 aliphatic carbocycles. The molecule has 2 atom stereocenters. The Kier molecular flexibility index (Phi) is 6.37. The smallest absolute Gasteiger partial charge is 0.191 e. The average molecular weight is 365 g/mol. The van der Waals surface area contributed by atoms with Crippen LogP contribution in [-0.4, -0.2) is 68.2 Å². The van der Waals surface area contributed by atoms with E-state index in [1.54, 1.807) is 6.20 Å². The largest absolute Gasteiger partial charge is 0.356 e. The van der Waals surface area contributed by atoms with Crippen molar-refractivity contribution in [1.29, 1.82) is 0 Å². The van der Waals surface area contributed by atoms with Gasteiger partial charge in [0, 0.05) is 45.5 Å².